The minimum absolute atomic E-state index is 0.0723. The molecule has 3 heteroatoms. The highest BCUT2D eigenvalue weighted by atomic mass is 35.5. The highest BCUT2D eigenvalue weighted by Gasteiger charge is 2.21. The van der Waals surface area contributed by atoms with Crippen molar-refractivity contribution >= 4 is 29.1 Å². The van der Waals surface area contributed by atoms with Gasteiger partial charge in [-0.3, -0.25) is 4.79 Å². The van der Waals surface area contributed by atoms with Crippen molar-refractivity contribution in [2.45, 2.75) is 10.6 Å². The van der Waals surface area contributed by atoms with Gasteiger partial charge in [-0.05, 0) is 23.8 Å². The lowest BCUT2D eigenvalue weighted by atomic mass is 9.99. The fourth-order valence-electron chi connectivity index (χ4n) is 1.97. The molecule has 0 amide bonds. The van der Waals surface area contributed by atoms with E-state index in [1.807, 2.05) is 36.4 Å². The van der Waals surface area contributed by atoms with Crippen LogP contribution in [0.5, 0.6) is 0 Å². The Balaban J connectivity index is 2.22. The van der Waals surface area contributed by atoms with E-state index in [1.54, 1.807) is 17.8 Å². The summed E-state index contributed by atoms with van der Waals surface area (Å²) >= 11 is 7.65. The number of thioether (sulfide) groups is 1. The number of carbonyl (C=O) groups is 1. The Kier molecular flexibility index (Phi) is 2.69. The molecular formula is C14H9ClOS. The van der Waals surface area contributed by atoms with Crippen molar-refractivity contribution in [3.63, 3.8) is 0 Å². The molecule has 1 heterocycles. The summed E-state index contributed by atoms with van der Waals surface area (Å²) in [5.74, 6) is 0.902. The van der Waals surface area contributed by atoms with Crippen molar-refractivity contribution in [3.05, 3.63) is 64.2 Å². The van der Waals surface area contributed by atoms with Crippen LogP contribution in [0.4, 0.5) is 0 Å². The fourth-order valence-corrected chi connectivity index (χ4v) is 3.18. The van der Waals surface area contributed by atoms with Gasteiger partial charge in [0.15, 0.2) is 5.78 Å². The molecule has 2 aromatic rings. The number of rotatable bonds is 0. The third-order valence-corrected chi connectivity index (χ3v) is 4.19. The molecule has 0 unspecified atom stereocenters. The third kappa shape index (κ3) is 1.88. The molecule has 0 aromatic heterocycles. The van der Waals surface area contributed by atoms with Gasteiger partial charge in [-0.15, -0.1) is 11.8 Å². The van der Waals surface area contributed by atoms with E-state index in [0.29, 0.717) is 10.6 Å². The van der Waals surface area contributed by atoms with E-state index in [0.717, 1.165) is 21.8 Å². The predicted octanol–water partition coefficient (Wildman–Crippen LogP) is 4.18. The molecule has 0 fully saturated rings. The van der Waals surface area contributed by atoms with Gasteiger partial charge in [0, 0.05) is 26.8 Å². The molecule has 0 saturated heterocycles. The molecule has 0 atom stereocenters. The number of carbonyl (C=O) groups excluding carboxylic acids is 1. The topological polar surface area (TPSA) is 17.1 Å². The monoisotopic (exact) mass is 260 g/mol. The van der Waals surface area contributed by atoms with Crippen molar-refractivity contribution in [2.75, 3.05) is 0 Å². The van der Waals surface area contributed by atoms with Crippen LogP contribution in [0.15, 0.2) is 47.4 Å². The molecular weight excluding hydrogens is 252 g/mol. The van der Waals surface area contributed by atoms with Gasteiger partial charge in [-0.25, -0.2) is 0 Å². The van der Waals surface area contributed by atoms with E-state index < -0.39 is 0 Å². The van der Waals surface area contributed by atoms with Crippen LogP contribution in [0.3, 0.4) is 0 Å². The smallest absolute Gasteiger partial charge is 0.194 e. The molecule has 1 aliphatic heterocycles. The van der Waals surface area contributed by atoms with Gasteiger partial charge in [0.2, 0.25) is 0 Å². The number of halogens is 1. The first kappa shape index (κ1) is 10.9. The van der Waals surface area contributed by atoms with E-state index in [9.17, 15) is 4.79 Å². The standard InChI is InChI=1S/C14H9ClOS/c15-10-5-6-13-12(7-10)14(16)11-4-2-1-3-9(11)8-17-13/h1-7H,8H2. The Morgan fingerprint density at radius 1 is 1.06 bits per heavy atom. The van der Waals surface area contributed by atoms with Crippen LogP contribution in [-0.4, -0.2) is 5.78 Å². The SMILES string of the molecule is O=C1c2ccccc2CSc2ccc(Cl)cc21. The van der Waals surface area contributed by atoms with Crippen LogP contribution in [0.1, 0.15) is 21.5 Å². The average Bonchev–Trinajstić information content (AvgIpc) is 2.49. The molecule has 1 aliphatic rings. The number of hydrogen-bond donors (Lipinski definition) is 0. The maximum atomic E-state index is 12.4. The zero-order chi connectivity index (χ0) is 11.8. The molecule has 84 valence electrons. The molecule has 0 bridgehead atoms. The highest BCUT2D eigenvalue weighted by molar-refractivity contribution is 7.98. The zero-order valence-electron chi connectivity index (χ0n) is 8.94. The quantitative estimate of drug-likeness (QED) is 0.707. The van der Waals surface area contributed by atoms with Gasteiger partial charge in [0.1, 0.15) is 0 Å². The first-order chi connectivity index (χ1) is 8.25. The normalized spacial score (nSPS) is 13.8. The van der Waals surface area contributed by atoms with Crippen LogP contribution in [-0.2, 0) is 5.75 Å². The molecule has 0 spiro atoms. The van der Waals surface area contributed by atoms with Crippen molar-refractivity contribution < 1.29 is 4.79 Å². The van der Waals surface area contributed by atoms with E-state index in [-0.39, 0.29) is 5.78 Å². The van der Waals surface area contributed by atoms with Crippen molar-refractivity contribution in [1.29, 1.82) is 0 Å². The Morgan fingerprint density at radius 2 is 1.88 bits per heavy atom. The second kappa shape index (κ2) is 4.21. The highest BCUT2D eigenvalue weighted by Crippen LogP contribution is 2.34. The molecule has 2 aromatic carbocycles. The van der Waals surface area contributed by atoms with E-state index >= 15 is 0 Å². The minimum atomic E-state index is 0.0723. The van der Waals surface area contributed by atoms with Crippen LogP contribution in [0.2, 0.25) is 5.02 Å². The van der Waals surface area contributed by atoms with E-state index in [4.69, 9.17) is 11.6 Å². The predicted molar refractivity (Wildman–Crippen MR) is 70.9 cm³/mol. The summed E-state index contributed by atoms with van der Waals surface area (Å²) in [6, 6.07) is 13.3. The van der Waals surface area contributed by atoms with E-state index in [1.165, 1.54) is 0 Å². The number of benzene rings is 2. The second-order valence-corrected chi connectivity index (χ2v) is 5.37. The van der Waals surface area contributed by atoms with Crippen molar-refractivity contribution in [2.24, 2.45) is 0 Å². The number of hydrogen-bond acceptors (Lipinski definition) is 2. The first-order valence-corrected chi connectivity index (χ1v) is 6.67. The average molecular weight is 261 g/mol. The van der Waals surface area contributed by atoms with Gasteiger partial charge >= 0.3 is 0 Å². The molecule has 3 rings (SSSR count). The molecule has 1 nitrogen and oxygen atoms in total. The lowest BCUT2D eigenvalue weighted by molar-refractivity contribution is 0.103. The van der Waals surface area contributed by atoms with Crippen LogP contribution < -0.4 is 0 Å². The third-order valence-electron chi connectivity index (χ3n) is 2.83. The zero-order valence-corrected chi connectivity index (χ0v) is 10.5. The molecule has 0 N–H and O–H groups in total. The lowest BCUT2D eigenvalue weighted by Crippen LogP contribution is -2.03. The maximum absolute atomic E-state index is 12.4. The van der Waals surface area contributed by atoms with Crippen molar-refractivity contribution in [1.82, 2.24) is 0 Å². The molecule has 0 radical (unpaired) electrons. The first-order valence-electron chi connectivity index (χ1n) is 5.30. The minimum Gasteiger partial charge on any atom is -0.289 e. The van der Waals surface area contributed by atoms with Gasteiger partial charge in [0.05, 0.1) is 0 Å². The molecule has 0 saturated carbocycles. The summed E-state index contributed by atoms with van der Waals surface area (Å²) in [6.45, 7) is 0. The molecule has 17 heavy (non-hydrogen) atoms. The van der Waals surface area contributed by atoms with Crippen molar-refractivity contribution in [3.8, 4) is 0 Å². The number of ketones is 1. The lowest BCUT2D eigenvalue weighted by Gasteiger charge is -2.04. The van der Waals surface area contributed by atoms with Gasteiger partial charge in [0.25, 0.3) is 0 Å². The Bertz CT molecular complexity index is 607. The van der Waals surface area contributed by atoms with Gasteiger partial charge in [-0.2, -0.15) is 0 Å². The summed E-state index contributed by atoms with van der Waals surface area (Å²) in [6.07, 6.45) is 0. The van der Waals surface area contributed by atoms with Crippen LogP contribution in [0, 0.1) is 0 Å². The summed E-state index contributed by atoms with van der Waals surface area (Å²) in [5, 5.41) is 0.608. The molecule has 0 aliphatic carbocycles. The second-order valence-electron chi connectivity index (χ2n) is 3.92. The largest absolute Gasteiger partial charge is 0.289 e. The Morgan fingerprint density at radius 3 is 2.76 bits per heavy atom. The number of fused-ring (bicyclic) bond motifs is 2. The maximum Gasteiger partial charge on any atom is 0.194 e. The summed E-state index contributed by atoms with van der Waals surface area (Å²) < 4.78 is 0. The summed E-state index contributed by atoms with van der Waals surface area (Å²) in [4.78, 5) is 13.4. The Hall–Kier alpha value is -1.25. The van der Waals surface area contributed by atoms with Gasteiger partial charge in [-0.1, -0.05) is 35.9 Å². The summed E-state index contributed by atoms with van der Waals surface area (Å²) in [7, 11) is 0. The van der Waals surface area contributed by atoms with Crippen LogP contribution in [0.25, 0.3) is 0 Å². The van der Waals surface area contributed by atoms with Gasteiger partial charge < -0.3 is 0 Å². The van der Waals surface area contributed by atoms with E-state index in [2.05, 4.69) is 0 Å². The fraction of sp³-hybridized carbons (Fsp3) is 0.0714. The Labute approximate surface area is 109 Å². The summed E-state index contributed by atoms with van der Waals surface area (Å²) in [5.41, 5.74) is 2.60. The van der Waals surface area contributed by atoms with Crippen LogP contribution >= 0.6 is 23.4 Å².